The van der Waals surface area contributed by atoms with Crippen LogP contribution < -0.4 is 10.0 Å². The molecule has 1 rings (SSSR count). The van der Waals surface area contributed by atoms with Crippen LogP contribution in [0.5, 0.6) is 0 Å². The van der Waals surface area contributed by atoms with Crippen molar-refractivity contribution in [1.82, 2.24) is 15.0 Å². The first-order valence-electron chi connectivity index (χ1n) is 5.81. The number of hydrogen-bond donors (Lipinski definition) is 3. The average Bonchev–Trinajstić information content (AvgIpc) is 2.45. The van der Waals surface area contributed by atoms with Crippen molar-refractivity contribution >= 4 is 21.9 Å². The first-order valence-corrected chi connectivity index (χ1v) is 7.30. The second-order valence-electron chi connectivity index (χ2n) is 3.86. The van der Waals surface area contributed by atoms with Gasteiger partial charge in [-0.05, 0) is 12.1 Å². The van der Waals surface area contributed by atoms with Crippen LogP contribution >= 0.6 is 0 Å². The molecule has 0 bridgehead atoms. The van der Waals surface area contributed by atoms with Crippen LogP contribution in [-0.4, -0.2) is 57.2 Å². The highest BCUT2D eigenvalue weighted by atomic mass is 32.2. The fourth-order valence-electron chi connectivity index (χ4n) is 1.26. The SMILES string of the molecule is COCCNC(=O)CNS(=O)(=O)c1ccc(C(=O)O)cn1. The number of methoxy groups -OCH3 is 1. The second kappa shape index (κ2) is 7.67. The third-order valence-corrected chi connectivity index (χ3v) is 3.63. The number of carbonyl (C=O) groups is 2. The summed E-state index contributed by atoms with van der Waals surface area (Å²) >= 11 is 0. The molecule has 1 aromatic rings. The number of sulfonamides is 1. The highest BCUT2D eigenvalue weighted by Crippen LogP contribution is 2.06. The minimum Gasteiger partial charge on any atom is -0.478 e. The maximum atomic E-state index is 11.8. The van der Waals surface area contributed by atoms with Gasteiger partial charge in [-0.1, -0.05) is 0 Å². The summed E-state index contributed by atoms with van der Waals surface area (Å²) < 4.78 is 30.4. The van der Waals surface area contributed by atoms with Gasteiger partial charge in [0.15, 0.2) is 5.03 Å². The lowest BCUT2D eigenvalue weighted by molar-refractivity contribution is -0.120. The maximum Gasteiger partial charge on any atom is 0.337 e. The number of aromatic carboxylic acids is 1. The van der Waals surface area contributed by atoms with Crippen LogP contribution in [0.25, 0.3) is 0 Å². The number of carboxylic acids is 1. The summed E-state index contributed by atoms with van der Waals surface area (Å²) in [5.41, 5.74) is -0.133. The molecule has 21 heavy (non-hydrogen) atoms. The molecule has 0 aliphatic rings. The van der Waals surface area contributed by atoms with Gasteiger partial charge in [-0.15, -0.1) is 0 Å². The van der Waals surface area contributed by atoms with Gasteiger partial charge < -0.3 is 15.2 Å². The number of pyridine rings is 1. The molecule has 0 fully saturated rings. The number of ether oxygens (including phenoxy) is 1. The van der Waals surface area contributed by atoms with Gasteiger partial charge in [-0.3, -0.25) is 4.79 Å². The van der Waals surface area contributed by atoms with E-state index >= 15 is 0 Å². The molecule has 0 radical (unpaired) electrons. The van der Waals surface area contributed by atoms with Gasteiger partial charge in [-0.25, -0.2) is 22.9 Å². The molecule has 0 unspecified atom stereocenters. The van der Waals surface area contributed by atoms with Crippen LogP contribution in [0.3, 0.4) is 0 Å². The fourth-order valence-corrected chi connectivity index (χ4v) is 2.16. The predicted octanol–water partition coefficient (Wildman–Crippen LogP) is -1.18. The van der Waals surface area contributed by atoms with E-state index in [1.165, 1.54) is 7.11 Å². The Morgan fingerprint density at radius 1 is 1.38 bits per heavy atom. The normalized spacial score (nSPS) is 11.1. The van der Waals surface area contributed by atoms with E-state index in [2.05, 4.69) is 15.0 Å². The van der Waals surface area contributed by atoms with Crippen molar-refractivity contribution in [1.29, 1.82) is 0 Å². The van der Waals surface area contributed by atoms with Gasteiger partial charge in [0.25, 0.3) is 10.0 Å². The molecular weight excluding hydrogens is 302 g/mol. The summed E-state index contributed by atoms with van der Waals surface area (Å²) in [4.78, 5) is 25.5. The fraction of sp³-hybridized carbons (Fsp3) is 0.364. The Morgan fingerprint density at radius 3 is 2.62 bits per heavy atom. The van der Waals surface area contributed by atoms with Crippen molar-refractivity contribution in [3.05, 3.63) is 23.9 Å². The van der Waals surface area contributed by atoms with Gasteiger partial charge in [0.05, 0.1) is 18.7 Å². The predicted molar refractivity (Wildman–Crippen MR) is 71.3 cm³/mol. The van der Waals surface area contributed by atoms with Crippen LogP contribution in [0.15, 0.2) is 23.4 Å². The Balaban J connectivity index is 2.61. The average molecular weight is 317 g/mol. The molecule has 1 heterocycles. The van der Waals surface area contributed by atoms with E-state index in [9.17, 15) is 18.0 Å². The zero-order valence-electron chi connectivity index (χ0n) is 11.2. The van der Waals surface area contributed by atoms with Gasteiger partial charge in [-0.2, -0.15) is 0 Å². The summed E-state index contributed by atoms with van der Waals surface area (Å²) in [6, 6.07) is 2.16. The molecule has 10 heteroatoms. The molecule has 0 aliphatic heterocycles. The summed E-state index contributed by atoms with van der Waals surface area (Å²) in [5, 5.41) is 10.8. The van der Waals surface area contributed by atoms with Crippen molar-refractivity contribution in [2.24, 2.45) is 0 Å². The minimum atomic E-state index is -3.97. The number of hydrogen-bond acceptors (Lipinski definition) is 6. The van der Waals surface area contributed by atoms with Crippen LogP contribution in [0.2, 0.25) is 0 Å². The zero-order chi connectivity index (χ0) is 15.9. The highest BCUT2D eigenvalue weighted by Gasteiger charge is 2.17. The molecule has 0 aromatic carbocycles. The van der Waals surface area contributed by atoms with E-state index in [-0.39, 0.29) is 17.1 Å². The lowest BCUT2D eigenvalue weighted by Gasteiger charge is -2.07. The number of nitrogens with one attached hydrogen (secondary N) is 2. The summed E-state index contributed by atoms with van der Waals surface area (Å²) in [6.07, 6.45) is 0.926. The molecule has 1 amide bonds. The highest BCUT2D eigenvalue weighted by molar-refractivity contribution is 7.89. The Morgan fingerprint density at radius 2 is 2.10 bits per heavy atom. The van der Waals surface area contributed by atoms with E-state index in [0.717, 1.165) is 18.3 Å². The molecule has 0 aliphatic carbocycles. The van der Waals surface area contributed by atoms with Crippen LogP contribution in [0, 0.1) is 0 Å². The smallest absolute Gasteiger partial charge is 0.337 e. The largest absolute Gasteiger partial charge is 0.478 e. The molecule has 0 atom stereocenters. The molecule has 3 N–H and O–H groups in total. The van der Waals surface area contributed by atoms with Crippen LogP contribution in [-0.2, 0) is 19.6 Å². The van der Waals surface area contributed by atoms with Crippen molar-refractivity contribution in [3.63, 3.8) is 0 Å². The van der Waals surface area contributed by atoms with Gasteiger partial charge in [0, 0.05) is 19.9 Å². The number of carboxylic acid groups (broad SMARTS) is 1. The molecule has 116 valence electrons. The monoisotopic (exact) mass is 317 g/mol. The third kappa shape index (κ3) is 5.45. The number of amides is 1. The van der Waals surface area contributed by atoms with E-state index in [4.69, 9.17) is 9.84 Å². The third-order valence-electron chi connectivity index (χ3n) is 2.31. The topological polar surface area (TPSA) is 135 Å². The summed E-state index contributed by atoms with van der Waals surface area (Å²) in [7, 11) is -2.50. The molecule has 9 nitrogen and oxygen atoms in total. The van der Waals surface area contributed by atoms with Gasteiger partial charge >= 0.3 is 5.97 Å². The second-order valence-corrected chi connectivity index (χ2v) is 5.57. The minimum absolute atomic E-state index is 0.133. The zero-order valence-corrected chi connectivity index (χ0v) is 12.0. The number of nitrogens with zero attached hydrogens (tertiary/aromatic N) is 1. The van der Waals surface area contributed by atoms with Crippen molar-refractivity contribution in [3.8, 4) is 0 Å². The van der Waals surface area contributed by atoms with Crippen molar-refractivity contribution in [2.75, 3.05) is 26.8 Å². The number of carbonyl (C=O) groups excluding carboxylic acids is 1. The number of rotatable bonds is 8. The lowest BCUT2D eigenvalue weighted by atomic mass is 10.3. The Kier molecular flexibility index (Phi) is 6.21. The molecule has 0 spiro atoms. The molecule has 0 saturated heterocycles. The van der Waals surface area contributed by atoms with Crippen LogP contribution in [0.4, 0.5) is 0 Å². The van der Waals surface area contributed by atoms with Crippen molar-refractivity contribution in [2.45, 2.75) is 5.03 Å². The molecule has 1 aromatic heterocycles. The van der Waals surface area contributed by atoms with Gasteiger partial charge in [0.2, 0.25) is 5.91 Å². The first-order chi connectivity index (χ1) is 9.86. The quantitative estimate of drug-likeness (QED) is 0.514. The Labute approximate surface area is 121 Å². The standard InChI is InChI=1S/C11H15N3O6S/c1-20-5-4-12-9(15)7-14-21(18,19)10-3-2-8(6-13-10)11(16)17/h2-3,6,14H,4-5,7H2,1H3,(H,12,15)(H,16,17). The summed E-state index contributed by atoms with van der Waals surface area (Å²) in [5.74, 6) is -1.73. The van der Waals surface area contributed by atoms with E-state index in [1.54, 1.807) is 0 Å². The molecular formula is C11H15N3O6S. The first kappa shape index (κ1) is 17.0. The molecule has 0 saturated carbocycles. The van der Waals surface area contributed by atoms with E-state index in [0.29, 0.717) is 6.61 Å². The maximum absolute atomic E-state index is 11.8. The Hall–Kier alpha value is -2.04. The van der Waals surface area contributed by atoms with Crippen LogP contribution in [0.1, 0.15) is 10.4 Å². The lowest BCUT2D eigenvalue weighted by Crippen LogP contribution is -2.38. The van der Waals surface area contributed by atoms with E-state index in [1.807, 2.05) is 0 Å². The van der Waals surface area contributed by atoms with Gasteiger partial charge in [0.1, 0.15) is 0 Å². The van der Waals surface area contributed by atoms with E-state index < -0.39 is 28.4 Å². The number of aromatic nitrogens is 1. The summed E-state index contributed by atoms with van der Waals surface area (Å²) in [6.45, 7) is 0.133. The Bertz CT molecular complexity index is 599. The van der Waals surface area contributed by atoms with Crippen molar-refractivity contribution < 1.29 is 27.9 Å².